The van der Waals surface area contributed by atoms with Crippen LogP contribution in [-0.2, 0) is 17.8 Å². The lowest BCUT2D eigenvalue weighted by Crippen LogP contribution is -2.29. The van der Waals surface area contributed by atoms with Gasteiger partial charge < -0.3 is 4.90 Å². The molecule has 1 aromatic carbocycles. The molecule has 4 heteroatoms. The Hall–Kier alpha value is -2.10. The number of hydrogen-bond donors (Lipinski definition) is 1. The highest BCUT2D eigenvalue weighted by Gasteiger charge is 2.30. The molecule has 1 atom stereocenters. The van der Waals surface area contributed by atoms with Gasteiger partial charge in [-0.3, -0.25) is 9.89 Å². The minimum atomic E-state index is 0.159. The highest BCUT2D eigenvalue weighted by molar-refractivity contribution is 5.80. The Labute approximate surface area is 118 Å². The third-order valence-electron chi connectivity index (χ3n) is 4.24. The van der Waals surface area contributed by atoms with Crippen molar-refractivity contribution in [1.29, 1.82) is 0 Å². The second-order valence-corrected chi connectivity index (χ2v) is 5.49. The number of H-pyrrole nitrogens is 1. The SMILES string of the molecule is Cc1n[nH]c(C)c1CC(=O)N1Cc2ccccc2C1C. The smallest absolute Gasteiger partial charge is 0.227 e. The van der Waals surface area contributed by atoms with E-state index in [-0.39, 0.29) is 11.9 Å². The maximum absolute atomic E-state index is 12.6. The molecule has 3 rings (SSSR count). The molecule has 0 saturated carbocycles. The zero-order chi connectivity index (χ0) is 14.3. The number of hydrogen-bond acceptors (Lipinski definition) is 2. The van der Waals surface area contributed by atoms with Gasteiger partial charge in [0.1, 0.15) is 0 Å². The number of aromatic amines is 1. The van der Waals surface area contributed by atoms with Gasteiger partial charge in [0.15, 0.2) is 0 Å². The number of rotatable bonds is 2. The van der Waals surface area contributed by atoms with Crippen molar-refractivity contribution in [1.82, 2.24) is 15.1 Å². The van der Waals surface area contributed by atoms with E-state index in [2.05, 4.69) is 29.3 Å². The van der Waals surface area contributed by atoms with Crippen LogP contribution in [0.25, 0.3) is 0 Å². The molecule has 1 unspecified atom stereocenters. The van der Waals surface area contributed by atoms with E-state index >= 15 is 0 Å². The van der Waals surface area contributed by atoms with Gasteiger partial charge in [0.25, 0.3) is 0 Å². The van der Waals surface area contributed by atoms with Gasteiger partial charge in [0, 0.05) is 17.8 Å². The van der Waals surface area contributed by atoms with E-state index in [9.17, 15) is 4.79 Å². The maximum atomic E-state index is 12.6. The number of carbonyl (C=O) groups excluding carboxylic acids is 1. The van der Waals surface area contributed by atoms with E-state index < -0.39 is 0 Å². The van der Waals surface area contributed by atoms with Crippen LogP contribution in [0, 0.1) is 13.8 Å². The van der Waals surface area contributed by atoms with Gasteiger partial charge in [-0.1, -0.05) is 24.3 Å². The predicted molar refractivity (Wildman–Crippen MR) is 77.2 cm³/mol. The second-order valence-electron chi connectivity index (χ2n) is 5.49. The Morgan fingerprint density at radius 3 is 2.80 bits per heavy atom. The number of fused-ring (bicyclic) bond motifs is 1. The molecule has 0 saturated heterocycles. The fourth-order valence-electron chi connectivity index (χ4n) is 2.97. The number of aromatic nitrogens is 2. The van der Waals surface area contributed by atoms with E-state index in [0.29, 0.717) is 13.0 Å². The van der Waals surface area contributed by atoms with Crippen LogP contribution in [-0.4, -0.2) is 21.0 Å². The molecular formula is C16H19N3O. The normalized spacial score (nSPS) is 17.4. The van der Waals surface area contributed by atoms with Gasteiger partial charge in [-0.05, 0) is 31.9 Å². The standard InChI is InChI=1S/C16H19N3O/c1-10-15(11(2)18-17-10)8-16(20)19-9-13-6-4-5-7-14(13)12(19)3/h4-7,12H,8-9H2,1-3H3,(H,17,18). The summed E-state index contributed by atoms with van der Waals surface area (Å²) in [5.41, 5.74) is 5.45. The molecule has 0 bridgehead atoms. The molecule has 0 aliphatic carbocycles. The molecule has 1 amide bonds. The number of aryl methyl sites for hydroxylation is 2. The van der Waals surface area contributed by atoms with Crippen LogP contribution in [0.15, 0.2) is 24.3 Å². The molecule has 20 heavy (non-hydrogen) atoms. The summed E-state index contributed by atoms with van der Waals surface area (Å²) in [6.45, 7) is 6.71. The van der Waals surface area contributed by atoms with Crippen molar-refractivity contribution in [2.24, 2.45) is 0 Å². The van der Waals surface area contributed by atoms with Crippen molar-refractivity contribution < 1.29 is 4.79 Å². The fraction of sp³-hybridized carbons (Fsp3) is 0.375. The third-order valence-corrected chi connectivity index (χ3v) is 4.24. The molecule has 2 heterocycles. The highest BCUT2D eigenvalue weighted by Crippen LogP contribution is 2.33. The molecular weight excluding hydrogens is 250 g/mol. The van der Waals surface area contributed by atoms with E-state index in [1.165, 1.54) is 11.1 Å². The summed E-state index contributed by atoms with van der Waals surface area (Å²) in [6.07, 6.45) is 0.423. The summed E-state index contributed by atoms with van der Waals surface area (Å²) < 4.78 is 0. The Morgan fingerprint density at radius 1 is 1.40 bits per heavy atom. The quantitative estimate of drug-likeness (QED) is 0.911. The Kier molecular flexibility index (Phi) is 3.08. The topological polar surface area (TPSA) is 49.0 Å². The van der Waals surface area contributed by atoms with Gasteiger partial charge in [-0.2, -0.15) is 5.10 Å². The van der Waals surface area contributed by atoms with E-state index in [4.69, 9.17) is 0 Å². The predicted octanol–water partition coefficient (Wildman–Crippen LogP) is 2.67. The monoisotopic (exact) mass is 269 g/mol. The van der Waals surface area contributed by atoms with Crippen molar-refractivity contribution >= 4 is 5.91 Å². The van der Waals surface area contributed by atoms with Crippen molar-refractivity contribution in [3.63, 3.8) is 0 Å². The highest BCUT2D eigenvalue weighted by atomic mass is 16.2. The molecule has 0 radical (unpaired) electrons. The van der Waals surface area contributed by atoms with Crippen LogP contribution in [0.5, 0.6) is 0 Å². The van der Waals surface area contributed by atoms with Crippen LogP contribution >= 0.6 is 0 Å². The number of nitrogens with zero attached hydrogens (tertiary/aromatic N) is 2. The number of nitrogens with one attached hydrogen (secondary N) is 1. The van der Waals surface area contributed by atoms with E-state index in [1.807, 2.05) is 30.9 Å². The van der Waals surface area contributed by atoms with Crippen molar-refractivity contribution in [3.05, 3.63) is 52.3 Å². The lowest BCUT2D eigenvalue weighted by molar-refractivity contribution is -0.132. The molecule has 0 fully saturated rings. The first-order valence-corrected chi connectivity index (χ1v) is 6.95. The van der Waals surface area contributed by atoms with Gasteiger partial charge in [0.2, 0.25) is 5.91 Å². The maximum Gasteiger partial charge on any atom is 0.227 e. The van der Waals surface area contributed by atoms with Crippen LogP contribution in [0.3, 0.4) is 0 Å². The minimum Gasteiger partial charge on any atom is -0.331 e. The Balaban J connectivity index is 1.80. The first-order chi connectivity index (χ1) is 9.58. The van der Waals surface area contributed by atoms with Crippen LogP contribution in [0.2, 0.25) is 0 Å². The van der Waals surface area contributed by atoms with Gasteiger partial charge in [-0.15, -0.1) is 0 Å². The molecule has 104 valence electrons. The van der Waals surface area contributed by atoms with Crippen LogP contribution in [0.1, 0.15) is 41.0 Å². The average Bonchev–Trinajstić information content (AvgIpc) is 2.94. The van der Waals surface area contributed by atoms with Gasteiger partial charge in [0.05, 0.1) is 18.2 Å². The molecule has 1 aliphatic heterocycles. The first kappa shape index (κ1) is 12.9. The van der Waals surface area contributed by atoms with Crippen LogP contribution < -0.4 is 0 Å². The van der Waals surface area contributed by atoms with Crippen molar-refractivity contribution in [3.8, 4) is 0 Å². The first-order valence-electron chi connectivity index (χ1n) is 6.95. The summed E-state index contributed by atoms with van der Waals surface area (Å²) in [5, 5.41) is 7.10. The summed E-state index contributed by atoms with van der Waals surface area (Å²) in [4.78, 5) is 14.5. The van der Waals surface area contributed by atoms with Crippen molar-refractivity contribution in [2.45, 2.75) is 39.8 Å². The van der Waals surface area contributed by atoms with Gasteiger partial charge in [-0.25, -0.2) is 0 Å². The summed E-state index contributed by atoms with van der Waals surface area (Å²) in [6, 6.07) is 8.44. The minimum absolute atomic E-state index is 0.159. The zero-order valence-corrected chi connectivity index (χ0v) is 12.1. The fourth-order valence-corrected chi connectivity index (χ4v) is 2.97. The number of amides is 1. The molecule has 2 aromatic rings. The van der Waals surface area contributed by atoms with Crippen LogP contribution in [0.4, 0.5) is 0 Å². The van der Waals surface area contributed by atoms with Gasteiger partial charge >= 0.3 is 0 Å². The zero-order valence-electron chi connectivity index (χ0n) is 12.1. The third kappa shape index (κ3) is 2.01. The largest absolute Gasteiger partial charge is 0.331 e. The number of carbonyl (C=O) groups is 1. The van der Waals surface area contributed by atoms with E-state index in [0.717, 1.165) is 17.0 Å². The van der Waals surface area contributed by atoms with Crippen molar-refractivity contribution in [2.75, 3.05) is 0 Å². The van der Waals surface area contributed by atoms with E-state index in [1.54, 1.807) is 0 Å². The molecule has 4 nitrogen and oxygen atoms in total. The molecule has 0 spiro atoms. The Morgan fingerprint density at radius 2 is 2.15 bits per heavy atom. The summed E-state index contributed by atoms with van der Waals surface area (Å²) >= 11 is 0. The summed E-state index contributed by atoms with van der Waals surface area (Å²) in [7, 11) is 0. The molecule has 1 N–H and O–H groups in total. The second kappa shape index (κ2) is 4.78. The Bertz CT molecular complexity index is 640. The molecule has 1 aromatic heterocycles. The summed E-state index contributed by atoms with van der Waals surface area (Å²) in [5.74, 6) is 0.168. The average molecular weight is 269 g/mol. The lowest BCUT2D eigenvalue weighted by Gasteiger charge is -2.22. The lowest BCUT2D eigenvalue weighted by atomic mass is 10.1. The molecule has 1 aliphatic rings. The number of benzene rings is 1.